The first kappa shape index (κ1) is 8.02. The summed E-state index contributed by atoms with van der Waals surface area (Å²) in [6.07, 6.45) is 0. The van der Waals surface area contributed by atoms with Crippen LogP contribution in [0.25, 0.3) is 21.1 Å². The van der Waals surface area contributed by atoms with Crippen LogP contribution < -0.4 is 4.74 Å². The van der Waals surface area contributed by atoms with Crippen LogP contribution in [0.1, 0.15) is 0 Å². The third-order valence-corrected chi connectivity index (χ3v) is 3.51. The molecule has 0 saturated heterocycles. The van der Waals surface area contributed by atoms with Gasteiger partial charge in [0.15, 0.2) is 5.52 Å². The molecule has 0 fully saturated rings. The average Bonchev–Trinajstić information content (AvgIpc) is 2.67. The van der Waals surface area contributed by atoms with Crippen LogP contribution >= 0.6 is 23.1 Å². The van der Waals surface area contributed by atoms with Crippen LogP contribution in [-0.2, 0) is 0 Å². The summed E-state index contributed by atoms with van der Waals surface area (Å²) in [6, 6.07) is 7.76. The third-order valence-electron chi connectivity index (χ3n) is 2.03. The zero-order valence-electron chi connectivity index (χ0n) is 6.93. The number of benzene rings is 1. The van der Waals surface area contributed by atoms with Crippen molar-refractivity contribution in [2.24, 2.45) is 0 Å². The molecule has 1 aromatic carbocycles. The number of rotatable bonds is 0. The first-order valence-electron chi connectivity index (χ1n) is 4.00. The molecule has 3 rings (SSSR count). The minimum absolute atomic E-state index is 0.00699. The smallest absolute Gasteiger partial charge is 0.261 e. The van der Waals surface area contributed by atoms with E-state index in [4.69, 9.17) is 0 Å². The number of hydrogen-bond donors (Lipinski definition) is 0. The molecule has 0 amide bonds. The Kier molecular flexibility index (Phi) is 1.62. The SMILES string of the molecule is O=c1sc2ccccc2c2nsnc12. The van der Waals surface area contributed by atoms with Crippen LogP contribution in [0.3, 0.4) is 0 Å². The first-order valence-corrected chi connectivity index (χ1v) is 5.55. The molecule has 14 heavy (non-hydrogen) atoms. The fourth-order valence-electron chi connectivity index (χ4n) is 1.40. The van der Waals surface area contributed by atoms with Gasteiger partial charge in [-0.3, -0.25) is 4.79 Å². The van der Waals surface area contributed by atoms with Gasteiger partial charge in [-0.15, -0.1) is 0 Å². The number of nitrogens with zero attached hydrogens (tertiary/aromatic N) is 2. The Labute approximate surface area is 87.0 Å². The predicted molar refractivity (Wildman–Crippen MR) is 59.1 cm³/mol. The summed E-state index contributed by atoms with van der Waals surface area (Å²) in [4.78, 5) is 11.6. The minimum Gasteiger partial charge on any atom is -0.275 e. The van der Waals surface area contributed by atoms with Gasteiger partial charge in [-0.1, -0.05) is 29.5 Å². The molecule has 0 radical (unpaired) electrons. The van der Waals surface area contributed by atoms with Crippen molar-refractivity contribution in [3.05, 3.63) is 33.8 Å². The molecule has 68 valence electrons. The van der Waals surface area contributed by atoms with Gasteiger partial charge in [-0.25, -0.2) is 0 Å². The van der Waals surface area contributed by atoms with Crippen molar-refractivity contribution in [1.29, 1.82) is 0 Å². The molecule has 2 aromatic heterocycles. The average molecular weight is 220 g/mol. The Bertz CT molecular complexity index is 671. The number of fused-ring (bicyclic) bond motifs is 3. The Hall–Kier alpha value is -1.33. The van der Waals surface area contributed by atoms with Crippen LogP contribution in [0.5, 0.6) is 0 Å². The topological polar surface area (TPSA) is 42.9 Å². The maximum Gasteiger partial charge on any atom is 0.261 e. The van der Waals surface area contributed by atoms with E-state index in [0.717, 1.165) is 27.3 Å². The molecule has 5 heteroatoms. The Morgan fingerprint density at radius 1 is 1.07 bits per heavy atom. The number of aromatic nitrogens is 2. The van der Waals surface area contributed by atoms with Gasteiger partial charge >= 0.3 is 0 Å². The lowest BCUT2D eigenvalue weighted by molar-refractivity contribution is 1.67. The third kappa shape index (κ3) is 0.995. The highest BCUT2D eigenvalue weighted by atomic mass is 32.1. The zero-order chi connectivity index (χ0) is 9.54. The summed E-state index contributed by atoms with van der Waals surface area (Å²) in [5.74, 6) is 0. The monoisotopic (exact) mass is 220 g/mol. The van der Waals surface area contributed by atoms with Gasteiger partial charge in [0.25, 0.3) is 4.74 Å². The molecular formula is C9H4N2OS2. The Morgan fingerprint density at radius 3 is 2.79 bits per heavy atom. The van der Waals surface area contributed by atoms with E-state index in [2.05, 4.69) is 8.75 Å². The second-order valence-corrected chi connectivity index (χ2v) is 4.39. The molecule has 0 atom stereocenters. The molecule has 0 aliphatic rings. The van der Waals surface area contributed by atoms with Crippen molar-refractivity contribution >= 4 is 44.2 Å². The second kappa shape index (κ2) is 2.83. The van der Waals surface area contributed by atoms with E-state index in [1.807, 2.05) is 24.3 Å². The summed E-state index contributed by atoms with van der Waals surface area (Å²) >= 11 is 2.31. The van der Waals surface area contributed by atoms with Crippen LogP contribution in [0.15, 0.2) is 29.1 Å². The van der Waals surface area contributed by atoms with Gasteiger partial charge in [0.05, 0.1) is 11.7 Å². The van der Waals surface area contributed by atoms with Gasteiger partial charge in [-0.05, 0) is 6.07 Å². The fourth-order valence-corrected chi connectivity index (χ4v) is 2.87. The summed E-state index contributed by atoms with van der Waals surface area (Å²) in [7, 11) is 0. The molecule has 0 N–H and O–H groups in total. The van der Waals surface area contributed by atoms with Crippen LogP contribution in [0.2, 0.25) is 0 Å². The van der Waals surface area contributed by atoms with Gasteiger partial charge < -0.3 is 0 Å². The maximum absolute atomic E-state index is 11.6. The molecule has 3 aromatic rings. The van der Waals surface area contributed by atoms with Crippen molar-refractivity contribution in [2.45, 2.75) is 0 Å². The Balaban J connectivity index is 2.73. The summed E-state index contributed by atoms with van der Waals surface area (Å²) < 4.78 is 9.10. The van der Waals surface area contributed by atoms with E-state index >= 15 is 0 Å². The molecule has 0 aliphatic carbocycles. The molecule has 3 nitrogen and oxygen atoms in total. The van der Waals surface area contributed by atoms with Crippen LogP contribution in [0.4, 0.5) is 0 Å². The highest BCUT2D eigenvalue weighted by Crippen LogP contribution is 2.23. The predicted octanol–water partition coefficient (Wildman–Crippen LogP) is 2.27. The molecule has 0 unspecified atom stereocenters. The lowest BCUT2D eigenvalue weighted by atomic mass is 10.2. The fraction of sp³-hybridized carbons (Fsp3) is 0. The minimum atomic E-state index is -0.00699. The standard InChI is InChI=1S/C9H4N2OS2/c12-9-8-7(10-14-11-8)5-3-1-2-4-6(5)13-9/h1-4H. The molecule has 2 heterocycles. The lowest BCUT2D eigenvalue weighted by Crippen LogP contribution is -1.94. The highest BCUT2D eigenvalue weighted by Gasteiger charge is 2.08. The quantitative estimate of drug-likeness (QED) is 0.583. The van der Waals surface area contributed by atoms with E-state index in [-0.39, 0.29) is 4.74 Å². The second-order valence-electron chi connectivity index (χ2n) is 2.85. The molecular weight excluding hydrogens is 216 g/mol. The molecule has 0 spiro atoms. The van der Waals surface area contributed by atoms with Crippen molar-refractivity contribution in [3.63, 3.8) is 0 Å². The van der Waals surface area contributed by atoms with Crippen molar-refractivity contribution in [1.82, 2.24) is 8.75 Å². The van der Waals surface area contributed by atoms with Gasteiger partial charge in [0, 0.05) is 10.1 Å². The first-order chi connectivity index (χ1) is 6.86. The van der Waals surface area contributed by atoms with Gasteiger partial charge in [0.1, 0.15) is 5.52 Å². The highest BCUT2D eigenvalue weighted by molar-refractivity contribution is 7.17. The van der Waals surface area contributed by atoms with E-state index in [9.17, 15) is 4.79 Å². The van der Waals surface area contributed by atoms with E-state index in [1.165, 1.54) is 11.3 Å². The summed E-state index contributed by atoms with van der Waals surface area (Å²) in [5, 5.41) is 1.01. The van der Waals surface area contributed by atoms with Crippen molar-refractivity contribution in [2.75, 3.05) is 0 Å². The van der Waals surface area contributed by atoms with Crippen molar-refractivity contribution in [3.8, 4) is 0 Å². The summed E-state index contributed by atoms with van der Waals surface area (Å²) in [6.45, 7) is 0. The number of hydrogen-bond acceptors (Lipinski definition) is 5. The maximum atomic E-state index is 11.6. The van der Waals surface area contributed by atoms with Gasteiger partial charge in [0.2, 0.25) is 0 Å². The van der Waals surface area contributed by atoms with Gasteiger partial charge in [-0.2, -0.15) is 8.75 Å². The molecule has 0 bridgehead atoms. The van der Waals surface area contributed by atoms with Crippen molar-refractivity contribution < 1.29 is 0 Å². The van der Waals surface area contributed by atoms with Crippen LogP contribution in [-0.4, -0.2) is 8.75 Å². The largest absolute Gasteiger partial charge is 0.275 e. The van der Waals surface area contributed by atoms with E-state index < -0.39 is 0 Å². The zero-order valence-corrected chi connectivity index (χ0v) is 8.56. The normalized spacial score (nSPS) is 11.1. The van der Waals surface area contributed by atoms with E-state index in [0.29, 0.717) is 5.52 Å². The lowest BCUT2D eigenvalue weighted by Gasteiger charge is -1.93. The summed E-state index contributed by atoms with van der Waals surface area (Å²) in [5.41, 5.74) is 1.23. The van der Waals surface area contributed by atoms with E-state index in [1.54, 1.807) is 0 Å². The molecule has 0 saturated carbocycles. The Morgan fingerprint density at radius 2 is 1.86 bits per heavy atom. The van der Waals surface area contributed by atoms with Crippen LogP contribution in [0, 0.1) is 0 Å². The molecule has 0 aliphatic heterocycles.